The van der Waals surface area contributed by atoms with E-state index in [0.29, 0.717) is 0 Å². The van der Waals surface area contributed by atoms with Crippen LogP contribution in [0.5, 0.6) is 5.75 Å². The van der Waals surface area contributed by atoms with Crippen LogP contribution in [-0.4, -0.2) is 11.6 Å². The van der Waals surface area contributed by atoms with Crippen molar-refractivity contribution >= 4 is 0 Å². The second-order valence-corrected chi connectivity index (χ2v) is 10.7. The Kier molecular flexibility index (Phi) is 11.2. The smallest absolute Gasteiger partial charge is 0.137 e. The number of aromatic nitrogens is 1. The van der Waals surface area contributed by atoms with Crippen LogP contribution < -0.4 is 4.74 Å². The maximum absolute atomic E-state index is 5.73. The number of unbranched alkanes of at least 4 members (excludes halogenated alkanes) is 2. The average Bonchev–Trinajstić information content (AvgIpc) is 2.82. The van der Waals surface area contributed by atoms with Gasteiger partial charge in [-0.2, -0.15) is 0 Å². The molecular formula is C29H49NO. The predicted octanol–water partition coefficient (Wildman–Crippen LogP) is 8.78. The molecule has 0 saturated heterocycles. The molecule has 1 heterocycles. The molecule has 3 rings (SSSR count). The largest absolute Gasteiger partial charge is 0.492 e. The molecule has 2 aliphatic rings. The molecule has 1 aromatic rings. The van der Waals surface area contributed by atoms with Gasteiger partial charge in [-0.3, -0.25) is 4.98 Å². The molecule has 1 aromatic heterocycles. The van der Waals surface area contributed by atoms with Gasteiger partial charge in [-0.1, -0.05) is 104 Å². The highest BCUT2D eigenvalue weighted by atomic mass is 16.5. The van der Waals surface area contributed by atoms with Crippen molar-refractivity contribution < 1.29 is 4.74 Å². The quantitative estimate of drug-likeness (QED) is 0.293. The minimum absolute atomic E-state index is 0.807. The van der Waals surface area contributed by atoms with E-state index in [2.05, 4.69) is 31.0 Å². The zero-order valence-electron chi connectivity index (χ0n) is 20.6. The van der Waals surface area contributed by atoms with Gasteiger partial charge in [0.25, 0.3) is 0 Å². The second kappa shape index (κ2) is 14.2. The number of hydrogen-bond donors (Lipinski definition) is 0. The third-order valence-corrected chi connectivity index (χ3v) is 8.25. The molecular weight excluding hydrogens is 378 g/mol. The lowest BCUT2D eigenvalue weighted by molar-refractivity contribution is 0.208. The summed E-state index contributed by atoms with van der Waals surface area (Å²) in [5.74, 6) is 4.98. The van der Waals surface area contributed by atoms with E-state index >= 15 is 0 Å². The molecule has 0 spiro atoms. The molecule has 0 atom stereocenters. The van der Waals surface area contributed by atoms with Gasteiger partial charge in [0.2, 0.25) is 0 Å². The number of rotatable bonds is 13. The Bertz CT molecular complexity index is 567. The van der Waals surface area contributed by atoms with Crippen molar-refractivity contribution in [2.24, 2.45) is 23.7 Å². The van der Waals surface area contributed by atoms with E-state index in [4.69, 9.17) is 4.74 Å². The Morgan fingerprint density at radius 1 is 0.710 bits per heavy atom. The zero-order chi connectivity index (χ0) is 21.7. The van der Waals surface area contributed by atoms with Crippen molar-refractivity contribution in [2.75, 3.05) is 6.61 Å². The van der Waals surface area contributed by atoms with E-state index in [1.807, 2.05) is 6.20 Å². The van der Waals surface area contributed by atoms with Gasteiger partial charge in [0, 0.05) is 5.69 Å². The standard InChI is InChI=1S/C29H49NO/c1-3-5-7-24-8-10-25(11-9-24)12-13-26-14-16-27(17-15-26)18-19-28-20-21-29(23-30-28)31-22-6-4-2/h20-21,23-27H,3-19,22H2,1-2H3. The summed E-state index contributed by atoms with van der Waals surface area (Å²) in [6.07, 6.45) is 26.0. The maximum Gasteiger partial charge on any atom is 0.137 e. The van der Waals surface area contributed by atoms with Crippen LogP contribution in [0.2, 0.25) is 0 Å². The second-order valence-electron chi connectivity index (χ2n) is 10.7. The van der Waals surface area contributed by atoms with Gasteiger partial charge in [-0.15, -0.1) is 0 Å². The minimum atomic E-state index is 0.807. The van der Waals surface area contributed by atoms with Gasteiger partial charge < -0.3 is 4.74 Å². The van der Waals surface area contributed by atoms with Crippen LogP contribution >= 0.6 is 0 Å². The third kappa shape index (κ3) is 9.15. The van der Waals surface area contributed by atoms with E-state index in [1.165, 1.54) is 102 Å². The number of hydrogen-bond acceptors (Lipinski definition) is 2. The van der Waals surface area contributed by atoms with Gasteiger partial charge >= 0.3 is 0 Å². The number of pyridine rings is 1. The molecule has 2 heteroatoms. The monoisotopic (exact) mass is 427 g/mol. The first-order valence-corrected chi connectivity index (χ1v) is 13.8. The number of aryl methyl sites for hydroxylation is 1. The Hall–Kier alpha value is -1.05. The molecule has 2 nitrogen and oxygen atoms in total. The molecule has 0 amide bonds. The lowest BCUT2D eigenvalue weighted by Gasteiger charge is -2.32. The molecule has 2 aliphatic carbocycles. The Morgan fingerprint density at radius 3 is 1.77 bits per heavy atom. The van der Waals surface area contributed by atoms with Crippen LogP contribution in [0.4, 0.5) is 0 Å². The van der Waals surface area contributed by atoms with Crippen molar-refractivity contribution in [1.82, 2.24) is 4.98 Å². The SMILES string of the molecule is CCCCOc1ccc(CCC2CCC(CCC3CCC(CCCC)CC3)CC2)nc1. The highest BCUT2D eigenvalue weighted by Gasteiger charge is 2.24. The molecule has 0 N–H and O–H groups in total. The van der Waals surface area contributed by atoms with Crippen molar-refractivity contribution in [1.29, 1.82) is 0 Å². The number of ether oxygens (including phenoxy) is 1. The third-order valence-electron chi connectivity index (χ3n) is 8.25. The summed E-state index contributed by atoms with van der Waals surface area (Å²) in [6, 6.07) is 4.27. The first-order valence-electron chi connectivity index (χ1n) is 13.8. The molecule has 31 heavy (non-hydrogen) atoms. The van der Waals surface area contributed by atoms with E-state index < -0.39 is 0 Å². The molecule has 0 aromatic carbocycles. The van der Waals surface area contributed by atoms with Gasteiger partial charge in [-0.25, -0.2) is 0 Å². The normalized spacial score (nSPS) is 26.6. The van der Waals surface area contributed by atoms with Gasteiger partial charge in [0.1, 0.15) is 5.75 Å². The first-order chi connectivity index (χ1) is 15.3. The van der Waals surface area contributed by atoms with Gasteiger partial charge in [0.05, 0.1) is 12.8 Å². The highest BCUT2D eigenvalue weighted by Crippen LogP contribution is 2.38. The summed E-state index contributed by atoms with van der Waals surface area (Å²) in [6.45, 7) is 5.33. The van der Waals surface area contributed by atoms with Crippen LogP contribution in [0.3, 0.4) is 0 Å². The molecule has 0 radical (unpaired) electrons. The fourth-order valence-corrected chi connectivity index (χ4v) is 5.91. The van der Waals surface area contributed by atoms with Crippen LogP contribution in [-0.2, 0) is 6.42 Å². The molecule has 0 bridgehead atoms. The molecule has 0 unspecified atom stereocenters. The maximum atomic E-state index is 5.73. The van der Waals surface area contributed by atoms with E-state index in [0.717, 1.165) is 48.9 Å². The Labute approximate surface area is 193 Å². The first kappa shape index (κ1) is 24.6. The molecule has 2 fully saturated rings. The number of nitrogens with zero attached hydrogens (tertiary/aromatic N) is 1. The lowest BCUT2D eigenvalue weighted by atomic mass is 9.74. The van der Waals surface area contributed by atoms with E-state index in [1.54, 1.807) is 0 Å². The highest BCUT2D eigenvalue weighted by molar-refractivity contribution is 5.19. The van der Waals surface area contributed by atoms with Crippen molar-refractivity contribution in [3.8, 4) is 5.75 Å². The molecule has 2 saturated carbocycles. The van der Waals surface area contributed by atoms with Crippen LogP contribution in [0.1, 0.15) is 122 Å². The van der Waals surface area contributed by atoms with E-state index in [-0.39, 0.29) is 0 Å². The van der Waals surface area contributed by atoms with Crippen LogP contribution in [0, 0.1) is 23.7 Å². The predicted molar refractivity (Wildman–Crippen MR) is 133 cm³/mol. The Morgan fingerprint density at radius 2 is 1.26 bits per heavy atom. The summed E-state index contributed by atoms with van der Waals surface area (Å²) in [5, 5.41) is 0. The summed E-state index contributed by atoms with van der Waals surface area (Å²) in [7, 11) is 0. The topological polar surface area (TPSA) is 22.1 Å². The Balaban J connectivity index is 1.25. The summed E-state index contributed by atoms with van der Waals surface area (Å²) >= 11 is 0. The van der Waals surface area contributed by atoms with Gasteiger partial charge in [-0.05, 0) is 55.1 Å². The van der Waals surface area contributed by atoms with Gasteiger partial charge in [0.15, 0.2) is 0 Å². The van der Waals surface area contributed by atoms with E-state index in [9.17, 15) is 0 Å². The zero-order valence-corrected chi connectivity index (χ0v) is 20.6. The minimum Gasteiger partial charge on any atom is -0.492 e. The molecule has 0 aliphatic heterocycles. The fourth-order valence-electron chi connectivity index (χ4n) is 5.91. The van der Waals surface area contributed by atoms with Crippen LogP contribution in [0.25, 0.3) is 0 Å². The van der Waals surface area contributed by atoms with Crippen molar-refractivity contribution in [3.05, 3.63) is 24.0 Å². The van der Waals surface area contributed by atoms with Crippen molar-refractivity contribution in [2.45, 2.75) is 123 Å². The lowest BCUT2D eigenvalue weighted by Crippen LogP contribution is -2.18. The summed E-state index contributed by atoms with van der Waals surface area (Å²) in [5.41, 5.74) is 1.24. The fraction of sp³-hybridized carbons (Fsp3) is 0.828. The summed E-state index contributed by atoms with van der Waals surface area (Å²) in [4.78, 5) is 4.63. The van der Waals surface area contributed by atoms with Crippen molar-refractivity contribution in [3.63, 3.8) is 0 Å². The summed E-state index contributed by atoms with van der Waals surface area (Å²) < 4.78 is 5.73. The average molecular weight is 428 g/mol. The van der Waals surface area contributed by atoms with Crippen LogP contribution in [0.15, 0.2) is 18.3 Å². The molecule has 176 valence electrons.